The summed E-state index contributed by atoms with van der Waals surface area (Å²) >= 11 is 0. The van der Waals surface area contributed by atoms with Crippen LogP contribution < -0.4 is 9.47 Å². The fourth-order valence-corrected chi connectivity index (χ4v) is 3.26. The van der Waals surface area contributed by atoms with Gasteiger partial charge in [0, 0.05) is 12.1 Å². The molecule has 1 aliphatic rings. The molecule has 0 aliphatic carbocycles. The Morgan fingerprint density at radius 2 is 1.83 bits per heavy atom. The third-order valence-corrected chi connectivity index (χ3v) is 4.46. The van der Waals surface area contributed by atoms with E-state index in [0.717, 1.165) is 6.07 Å². The molecule has 0 radical (unpaired) electrons. The lowest BCUT2D eigenvalue weighted by Gasteiger charge is -2.09. The van der Waals surface area contributed by atoms with Crippen molar-refractivity contribution in [3.05, 3.63) is 58.1 Å². The summed E-state index contributed by atoms with van der Waals surface area (Å²) < 4.78 is 38.3. The van der Waals surface area contributed by atoms with Gasteiger partial charge < -0.3 is 9.47 Å². The number of non-ortho nitro benzene ring substituents is 1. The second kappa shape index (κ2) is 5.36. The molecular formula is C14H10N2O6S. The molecule has 0 fully saturated rings. The predicted octanol–water partition coefficient (Wildman–Crippen LogP) is 2.13. The molecule has 3 rings (SSSR count). The van der Waals surface area contributed by atoms with Gasteiger partial charge in [-0.2, -0.15) is 8.42 Å². The molecule has 118 valence electrons. The Labute approximate surface area is 131 Å². The van der Waals surface area contributed by atoms with Crippen molar-refractivity contribution in [2.45, 2.75) is 4.90 Å². The summed E-state index contributed by atoms with van der Waals surface area (Å²) in [5.74, 6) is 0.539. The van der Waals surface area contributed by atoms with Crippen LogP contribution >= 0.6 is 0 Å². The number of nitro benzene ring substituents is 1. The SMILES string of the molecule is COc1ccccc1OC1=NS(=O)(=O)c2cc([N+](=O)[O-])ccc21. The summed E-state index contributed by atoms with van der Waals surface area (Å²) in [4.78, 5) is 9.87. The summed E-state index contributed by atoms with van der Waals surface area (Å²) in [6.07, 6.45) is 0. The first-order chi connectivity index (χ1) is 10.9. The van der Waals surface area contributed by atoms with Crippen molar-refractivity contribution in [1.82, 2.24) is 0 Å². The number of rotatable bonds is 3. The minimum atomic E-state index is -4.03. The van der Waals surface area contributed by atoms with E-state index >= 15 is 0 Å². The molecule has 9 heteroatoms. The first-order valence-electron chi connectivity index (χ1n) is 6.37. The molecule has 0 spiro atoms. The lowest BCUT2D eigenvalue weighted by atomic mass is 10.2. The highest BCUT2D eigenvalue weighted by molar-refractivity contribution is 7.90. The average molecular weight is 334 g/mol. The Kier molecular flexibility index (Phi) is 3.49. The van der Waals surface area contributed by atoms with Gasteiger partial charge in [0.1, 0.15) is 4.90 Å². The van der Waals surface area contributed by atoms with Crippen LogP contribution in [-0.4, -0.2) is 26.3 Å². The summed E-state index contributed by atoms with van der Waals surface area (Å²) in [6.45, 7) is 0. The summed E-state index contributed by atoms with van der Waals surface area (Å²) in [6, 6.07) is 10.1. The Hall–Kier alpha value is -2.94. The number of fused-ring (bicyclic) bond motifs is 1. The molecule has 0 N–H and O–H groups in total. The maximum Gasteiger partial charge on any atom is 0.286 e. The number of hydrogen-bond donors (Lipinski definition) is 0. The zero-order chi connectivity index (χ0) is 16.6. The number of methoxy groups -OCH3 is 1. The van der Waals surface area contributed by atoms with E-state index in [0.29, 0.717) is 5.75 Å². The molecule has 2 aromatic rings. The van der Waals surface area contributed by atoms with Crippen LogP contribution in [0.25, 0.3) is 0 Å². The van der Waals surface area contributed by atoms with Crippen LogP contribution in [0.1, 0.15) is 5.56 Å². The molecule has 23 heavy (non-hydrogen) atoms. The highest BCUT2D eigenvalue weighted by Gasteiger charge is 2.33. The van der Waals surface area contributed by atoms with Crippen molar-refractivity contribution in [3.8, 4) is 11.5 Å². The largest absolute Gasteiger partial charge is 0.493 e. The van der Waals surface area contributed by atoms with Gasteiger partial charge >= 0.3 is 0 Å². The molecule has 1 aliphatic heterocycles. The minimum absolute atomic E-state index is 0.153. The molecule has 0 atom stereocenters. The third kappa shape index (κ3) is 2.61. The van der Waals surface area contributed by atoms with Crippen LogP contribution in [0.2, 0.25) is 0 Å². The molecule has 8 nitrogen and oxygen atoms in total. The lowest BCUT2D eigenvalue weighted by molar-refractivity contribution is -0.385. The van der Waals surface area contributed by atoms with Crippen molar-refractivity contribution in [1.29, 1.82) is 0 Å². The number of nitro groups is 1. The number of sulfonamides is 1. The summed E-state index contributed by atoms with van der Waals surface area (Å²) in [7, 11) is -2.58. The third-order valence-electron chi connectivity index (χ3n) is 3.16. The Morgan fingerprint density at radius 3 is 2.48 bits per heavy atom. The van der Waals surface area contributed by atoms with Gasteiger partial charge in [-0.05, 0) is 18.2 Å². The van der Waals surface area contributed by atoms with Crippen molar-refractivity contribution in [3.63, 3.8) is 0 Å². The fraction of sp³-hybridized carbons (Fsp3) is 0.0714. The molecular weight excluding hydrogens is 324 g/mol. The van der Waals surface area contributed by atoms with Gasteiger partial charge in [0.2, 0.25) is 5.90 Å². The van der Waals surface area contributed by atoms with E-state index in [1.807, 2.05) is 0 Å². The maximum atomic E-state index is 12.1. The molecule has 0 bridgehead atoms. The molecule has 0 amide bonds. The Balaban J connectivity index is 2.06. The molecule has 1 heterocycles. The van der Waals surface area contributed by atoms with Gasteiger partial charge in [-0.15, -0.1) is 4.40 Å². The smallest absolute Gasteiger partial charge is 0.286 e. The molecule has 0 saturated heterocycles. The second-order valence-corrected chi connectivity index (χ2v) is 6.13. The van der Waals surface area contributed by atoms with Gasteiger partial charge in [0.25, 0.3) is 15.7 Å². The first-order valence-corrected chi connectivity index (χ1v) is 7.81. The van der Waals surface area contributed by atoms with Gasteiger partial charge in [-0.25, -0.2) is 0 Å². The average Bonchev–Trinajstić information content (AvgIpc) is 2.78. The zero-order valence-corrected chi connectivity index (χ0v) is 12.6. The minimum Gasteiger partial charge on any atom is -0.493 e. The van der Waals surface area contributed by atoms with Crippen LogP contribution in [0.15, 0.2) is 51.8 Å². The monoisotopic (exact) mass is 334 g/mol. The molecule has 0 aromatic heterocycles. The van der Waals surface area contributed by atoms with E-state index in [-0.39, 0.29) is 27.8 Å². The summed E-state index contributed by atoms with van der Waals surface area (Å²) in [5, 5.41) is 10.8. The normalized spacial score (nSPS) is 14.7. The van der Waals surface area contributed by atoms with E-state index in [1.165, 1.54) is 19.2 Å². The predicted molar refractivity (Wildman–Crippen MR) is 80.4 cm³/mol. The quantitative estimate of drug-likeness (QED) is 0.628. The lowest BCUT2D eigenvalue weighted by Crippen LogP contribution is -2.08. The van der Waals surface area contributed by atoms with E-state index in [4.69, 9.17) is 9.47 Å². The van der Waals surface area contributed by atoms with Crippen molar-refractivity contribution < 1.29 is 22.8 Å². The van der Waals surface area contributed by atoms with Gasteiger partial charge in [0.15, 0.2) is 11.5 Å². The van der Waals surface area contributed by atoms with Crippen LogP contribution in [0.5, 0.6) is 11.5 Å². The van der Waals surface area contributed by atoms with Gasteiger partial charge in [0.05, 0.1) is 17.6 Å². The van der Waals surface area contributed by atoms with E-state index < -0.39 is 14.9 Å². The van der Waals surface area contributed by atoms with Crippen molar-refractivity contribution in [2.24, 2.45) is 4.40 Å². The van der Waals surface area contributed by atoms with Crippen LogP contribution in [0.3, 0.4) is 0 Å². The van der Waals surface area contributed by atoms with Gasteiger partial charge in [-0.1, -0.05) is 12.1 Å². The molecule has 0 saturated carbocycles. The van der Waals surface area contributed by atoms with E-state index in [9.17, 15) is 18.5 Å². The second-order valence-electron chi connectivity index (χ2n) is 4.56. The van der Waals surface area contributed by atoms with Crippen LogP contribution in [-0.2, 0) is 10.0 Å². The number of para-hydroxylation sites is 2. The van der Waals surface area contributed by atoms with Gasteiger partial charge in [-0.3, -0.25) is 10.1 Å². The summed E-state index contributed by atoms with van der Waals surface area (Å²) in [5.41, 5.74) is -0.164. The highest BCUT2D eigenvalue weighted by Crippen LogP contribution is 2.33. The number of hydrogen-bond acceptors (Lipinski definition) is 6. The van der Waals surface area contributed by atoms with E-state index in [1.54, 1.807) is 24.3 Å². The van der Waals surface area contributed by atoms with Crippen LogP contribution in [0.4, 0.5) is 5.69 Å². The van der Waals surface area contributed by atoms with Crippen molar-refractivity contribution >= 4 is 21.6 Å². The zero-order valence-electron chi connectivity index (χ0n) is 11.8. The molecule has 2 aromatic carbocycles. The highest BCUT2D eigenvalue weighted by atomic mass is 32.2. The maximum absolute atomic E-state index is 12.1. The molecule has 0 unspecified atom stereocenters. The van der Waals surface area contributed by atoms with Crippen LogP contribution in [0, 0.1) is 10.1 Å². The number of benzene rings is 2. The first kappa shape index (κ1) is 15.0. The van der Waals surface area contributed by atoms with E-state index in [2.05, 4.69) is 4.40 Å². The standard InChI is InChI=1S/C14H10N2O6S/c1-21-11-4-2-3-5-12(11)22-14-10-7-6-9(16(17)18)8-13(10)23(19,20)15-14/h2-8H,1H3. The van der Waals surface area contributed by atoms with Crippen molar-refractivity contribution in [2.75, 3.05) is 7.11 Å². The Morgan fingerprint density at radius 1 is 1.13 bits per heavy atom. The fourth-order valence-electron chi connectivity index (χ4n) is 2.10. The topological polar surface area (TPSA) is 108 Å². The number of ether oxygens (including phenoxy) is 2. The number of nitrogens with zero attached hydrogens (tertiary/aromatic N) is 2. The Bertz CT molecular complexity index is 936.